The van der Waals surface area contributed by atoms with E-state index in [1.807, 2.05) is 13.8 Å². The summed E-state index contributed by atoms with van der Waals surface area (Å²) in [5.74, 6) is -0.845. The number of nitrogens with one attached hydrogen (secondary N) is 1. The third-order valence-corrected chi connectivity index (χ3v) is 3.01. The largest absolute Gasteiger partial charge is 0.508 e. The van der Waals surface area contributed by atoms with Crippen molar-refractivity contribution < 1.29 is 19.8 Å². The number of anilines is 1. The van der Waals surface area contributed by atoms with Gasteiger partial charge in [-0.05, 0) is 31.4 Å². The number of phenols is 1. The first-order valence-corrected chi connectivity index (χ1v) is 6.95. The number of carbonyl (C=O) groups excluding carboxylic acids is 1. The number of aliphatic carboxylic acids is 1. The van der Waals surface area contributed by atoms with Gasteiger partial charge in [-0.3, -0.25) is 4.90 Å². The third-order valence-electron chi connectivity index (χ3n) is 3.01. The molecule has 0 bridgehead atoms. The molecule has 0 fully saturated rings. The van der Waals surface area contributed by atoms with E-state index in [9.17, 15) is 14.7 Å². The maximum absolute atomic E-state index is 12.3. The zero-order valence-corrected chi connectivity index (χ0v) is 12.5. The Kier molecular flexibility index (Phi) is 6.02. The van der Waals surface area contributed by atoms with Crippen molar-refractivity contribution in [2.75, 3.05) is 11.4 Å². The number of phenolic OH excluding ortho intramolecular Hbond substituents is 1. The Morgan fingerprint density at radius 2 is 2.00 bits per heavy atom. The van der Waals surface area contributed by atoms with E-state index in [2.05, 4.69) is 5.32 Å². The number of amides is 2. The number of benzene rings is 1. The van der Waals surface area contributed by atoms with Crippen LogP contribution in [0.4, 0.5) is 10.5 Å². The van der Waals surface area contributed by atoms with Gasteiger partial charge in [0, 0.05) is 18.3 Å². The highest BCUT2D eigenvalue weighted by Crippen LogP contribution is 2.20. The van der Waals surface area contributed by atoms with Crippen LogP contribution < -0.4 is 10.2 Å². The van der Waals surface area contributed by atoms with Crippen LogP contribution in [0.15, 0.2) is 24.3 Å². The second-order valence-electron chi connectivity index (χ2n) is 5.23. The number of aromatic hydroxyl groups is 1. The summed E-state index contributed by atoms with van der Waals surface area (Å²) in [6, 6.07) is 4.86. The molecule has 0 radical (unpaired) electrons. The van der Waals surface area contributed by atoms with Gasteiger partial charge < -0.3 is 15.5 Å². The maximum Gasteiger partial charge on any atom is 0.326 e. The van der Waals surface area contributed by atoms with Gasteiger partial charge in [-0.1, -0.05) is 19.9 Å². The molecule has 116 valence electrons. The fourth-order valence-electron chi connectivity index (χ4n) is 2.02. The van der Waals surface area contributed by atoms with Gasteiger partial charge >= 0.3 is 12.0 Å². The van der Waals surface area contributed by atoms with Crippen LogP contribution >= 0.6 is 0 Å². The van der Waals surface area contributed by atoms with Crippen LogP contribution in [0.1, 0.15) is 27.2 Å². The Labute approximate surface area is 124 Å². The summed E-state index contributed by atoms with van der Waals surface area (Å²) in [7, 11) is 0. The first-order valence-electron chi connectivity index (χ1n) is 6.95. The first-order chi connectivity index (χ1) is 9.85. The minimum atomic E-state index is -1.05. The summed E-state index contributed by atoms with van der Waals surface area (Å²) in [5.41, 5.74) is 0.517. The Morgan fingerprint density at radius 1 is 1.33 bits per heavy atom. The fourth-order valence-corrected chi connectivity index (χ4v) is 2.02. The lowest BCUT2D eigenvalue weighted by Gasteiger charge is -2.24. The average Bonchev–Trinajstić information content (AvgIpc) is 2.38. The highest BCUT2D eigenvalue weighted by molar-refractivity contribution is 5.94. The van der Waals surface area contributed by atoms with Gasteiger partial charge in [-0.15, -0.1) is 0 Å². The molecule has 1 aromatic carbocycles. The lowest BCUT2D eigenvalue weighted by atomic mass is 10.0. The number of carboxylic acid groups (broad SMARTS) is 1. The molecule has 6 heteroatoms. The maximum atomic E-state index is 12.3. The molecule has 0 unspecified atom stereocenters. The van der Waals surface area contributed by atoms with Crippen molar-refractivity contribution in [2.24, 2.45) is 5.92 Å². The van der Waals surface area contributed by atoms with E-state index in [1.165, 1.54) is 17.0 Å². The van der Waals surface area contributed by atoms with Gasteiger partial charge in [0.1, 0.15) is 11.8 Å². The lowest BCUT2D eigenvalue weighted by Crippen LogP contribution is -2.48. The van der Waals surface area contributed by atoms with Crippen molar-refractivity contribution in [3.8, 4) is 5.75 Å². The smallest absolute Gasteiger partial charge is 0.326 e. The summed E-state index contributed by atoms with van der Waals surface area (Å²) < 4.78 is 0. The van der Waals surface area contributed by atoms with Gasteiger partial charge in [0.15, 0.2) is 0 Å². The van der Waals surface area contributed by atoms with Crippen LogP contribution in [0.3, 0.4) is 0 Å². The van der Waals surface area contributed by atoms with E-state index < -0.39 is 18.0 Å². The van der Waals surface area contributed by atoms with Crippen LogP contribution in [-0.2, 0) is 4.79 Å². The lowest BCUT2D eigenvalue weighted by molar-refractivity contribution is -0.139. The highest BCUT2D eigenvalue weighted by atomic mass is 16.4. The fraction of sp³-hybridized carbons (Fsp3) is 0.467. The minimum absolute atomic E-state index is 0.0516. The summed E-state index contributed by atoms with van der Waals surface area (Å²) in [6.07, 6.45) is 0.360. The summed E-state index contributed by atoms with van der Waals surface area (Å²) >= 11 is 0. The first kappa shape index (κ1) is 16.8. The van der Waals surface area contributed by atoms with Crippen LogP contribution in [0, 0.1) is 5.92 Å². The molecule has 1 rings (SSSR count). The number of hydrogen-bond acceptors (Lipinski definition) is 3. The second kappa shape index (κ2) is 7.52. The van der Waals surface area contributed by atoms with Crippen LogP contribution in [0.2, 0.25) is 0 Å². The molecule has 0 saturated heterocycles. The predicted octanol–water partition coefficient (Wildman–Crippen LogP) is 2.43. The Hall–Kier alpha value is -2.24. The topological polar surface area (TPSA) is 89.9 Å². The molecule has 21 heavy (non-hydrogen) atoms. The SMILES string of the molecule is CCN(C(=O)N[C@H](CC(C)C)C(=O)O)c1cccc(O)c1. The van der Waals surface area contributed by atoms with Crippen molar-refractivity contribution in [3.05, 3.63) is 24.3 Å². The number of carbonyl (C=O) groups is 2. The second-order valence-corrected chi connectivity index (χ2v) is 5.23. The van der Waals surface area contributed by atoms with Crippen LogP contribution in [-0.4, -0.2) is 34.8 Å². The van der Waals surface area contributed by atoms with E-state index in [1.54, 1.807) is 19.1 Å². The zero-order chi connectivity index (χ0) is 16.0. The van der Waals surface area contributed by atoms with Gasteiger partial charge in [-0.25, -0.2) is 9.59 Å². The van der Waals surface area contributed by atoms with Crippen LogP contribution in [0.25, 0.3) is 0 Å². The van der Waals surface area contributed by atoms with E-state index in [0.29, 0.717) is 18.7 Å². The number of hydrogen-bond donors (Lipinski definition) is 3. The van der Waals surface area contributed by atoms with E-state index in [-0.39, 0.29) is 11.7 Å². The van der Waals surface area contributed by atoms with Gasteiger partial charge in [0.05, 0.1) is 0 Å². The molecule has 1 aromatic rings. The molecule has 0 heterocycles. The normalized spacial score (nSPS) is 12.0. The Balaban J connectivity index is 2.85. The molecule has 0 spiro atoms. The summed E-state index contributed by atoms with van der Waals surface area (Å²) in [4.78, 5) is 24.8. The molecular formula is C15H22N2O4. The van der Waals surface area contributed by atoms with E-state index >= 15 is 0 Å². The zero-order valence-electron chi connectivity index (χ0n) is 12.5. The Bertz CT molecular complexity index is 502. The minimum Gasteiger partial charge on any atom is -0.508 e. The van der Waals surface area contributed by atoms with Gasteiger partial charge in [0.2, 0.25) is 0 Å². The average molecular weight is 294 g/mol. The number of urea groups is 1. The van der Waals surface area contributed by atoms with Gasteiger partial charge in [0.25, 0.3) is 0 Å². The summed E-state index contributed by atoms with van der Waals surface area (Å²) in [6.45, 7) is 5.94. The molecule has 6 nitrogen and oxygen atoms in total. The molecule has 3 N–H and O–H groups in total. The van der Waals surface area contributed by atoms with Gasteiger partial charge in [-0.2, -0.15) is 0 Å². The molecule has 0 aliphatic carbocycles. The standard InChI is InChI=1S/C15H22N2O4/c1-4-17(11-6-5-7-12(18)9-11)15(21)16-13(14(19)20)8-10(2)3/h5-7,9-10,13,18H,4,8H2,1-3H3,(H,16,21)(H,19,20)/t13-/m1/s1. The van der Waals surface area contributed by atoms with Crippen LogP contribution in [0.5, 0.6) is 5.75 Å². The number of nitrogens with zero attached hydrogens (tertiary/aromatic N) is 1. The molecular weight excluding hydrogens is 272 g/mol. The van der Waals surface area contributed by atoms with E-state index in [4.69, 9.17) is 5.11 Å². The molecule has 0 aliphatic heterocycles. The molecule has 2 amide bonds. The van der Waals surface area contributed by atoms with Crippen molar-refractivity contribution >= 4 is 17.7 Å². The number of carboxylic acids is 1. The van der Waals surface area contributed by atoms with Crippen molar-refractivity contribution in [1.29, 1.82) is 0 Å². The highest BCUT2D eigenvalue weighted by Gasteiger charge is 2.24. The monoisotopic (exact) mass is 294 g/mol. The third kappa shape index (κ3) is 4.98. The van der Waals surface area contributed by atoms with E-state index in [0.717, 1.165) is 0 Å². The van der Waals surface area contributed by atoms with Crippen molar-refractivity contribution in [1.82, 2.24) is 5.32 Å². The Morgan fingerprint density at radius 3 is 2.48 bits per heavy atom. The predicted molar refractivity (Wildman–Crippen MR) is 80.5 cm³/mol. The molecule has 0 aliphatic rings. The molecule has 0 saturated carbocycles. The van der Waals surface area contributed by atoms with Crippen molar-refractivity contribution in [3.63, 3.8) is 0 Å². The quantitative estimate of drug-likeness (QED) is 0.751. The van der Waals surface area contributed by atoms with Crippen molar-refractivity contribution in [2.45, 2.75) is 33.2 Å². The number of rotatable bonds is 6. The summed E-state index contributed by atoms with van der Waals surface area (Å²) in [5, 5.41) is 21.2. The molecule has 1 atom stereocenters. The molecule has 0 aromatic heterocycles.